The van der Waals surface area contributed by atoms with E-state index >= 15 is 0 Å². The number of aryl methyl sites for hydroxylation is 2. The van der Waals surface area contributed by atoms with Gasteiger partial charge in [0.2, 0.25) is 0 Å². The van der Waals surface area contributed by atoms with Gasteiger partial charge >= 0.3 is 0 Å². The predicted molar refractivity (Wildman–Crippen MR) is 159 cm³/mol. The second kappa shape index (κ2) is 11.9. The van der Waals surface area contributed by atoms with Gasteiger partial charge in [-0.1, -0.05) is 6.07 Å². The number of hydrogen-bond acceptors (Lipinski definition) is 7. The Balaban J connectivity index is 1.32. The molecule has 0 bridgehead atoms. The molecular weight excluding hydrogens is 526 g/mol. The van der Waals surface area contributed by atoms with Crippen molar-refractivity contribution < 1.29 is 13.6 Å². The van der Waals surface area contributed by atoms with Gasteiger partial charge in [-0.05, 0) is 68.5 Å². The van der Waals surface area contributed by atoms with Crippen LogP contribution in [0.1, 0.15) is 52.0 Å². The first kappa shape index (κ1) is 28.6. The van der Waals surface area contributed by atoms with Gasteiger partial charge in [0, 0.05) is 79.7 Å². The van der Waals surface area contributed by atoms with Gasteiger partial charge in [0.25, 0.3) is 12.3 Å². The van der Waals surface area contributed by atoms with E-state index in [0.29, 0.717) is 28.3 Å². The number of nitrogens with two attached hydrogens (primary N) is 2. The number of nitrogens with zero attached hydrogens (tertiary/aromatic N) is 5. The van der Waals surface area contributed by atoms with E-state index in [1.165, 1.54) is 30.0 Å². The quantitative estimate of drug-likeness (QED) is 0.261. The SMILES string of the molecule is Cc1ccc(C(=O)Nc2cc(C(F)F)cc(N3CCN(CC4CC4)CC3)c2)cc1N(N)/C=C(\N)c1cnn(C)c1C. The normalized spacial score (nSPS) is 16.4. The molecule has 3 aromatic rings. The molecule has 1 aliphatic carbocycles. The monoisotopic (exact) mass is 564 g/mol. The van der Waals surface area contributed by atoms with Gasteiger partial charge in [-0.25, -0.2) is 14.6 Å². The average Bonchev–Trinajstić information content (AvgIpc) is 3.70. The minimum Gasteiger partial charge on any atom is -0.397 e. The molecule has 1 aromatic heterocycles. The number of aromatic nitrogens is 2. The molecule has 1 saturated carbocycles. The van der Waals surface area contributed by atoms with E-state index in [4.69, 9.17) is 11.6 Å². The van der Waals surface area contributed by atoms with Crippen molar-refractivity contribution in [2.75, 3.05) is 47.9 Å². The molecule has 1 saturated heterocycles. The molecule has 5 N–H and O–H groups in total. The number of hydrogen-bond donors (Lipinski definition) is 3. The number of carbonyl (C=O) groups is 1. The summed E-state index contributed by atoms with van der Waals surface area (Å²) in [4.78, 5) is 17.8. The van der Waals surface area contributed by atoms with E-state index in [1.54, 1.807) is 41.3 Å². The number of hydrazine groups is 1. The first-order chi connectivity index (χ1) is 19.6. The number of piperazine rings is 1. The van der Waals surface area contributed by atoms with Crippen molar-refractivity contribution in [2.45, 2.75) is 33.1 Å². The number of halogens is 2. The Labute approximate surface area is 239 Å². The topological polar surface area (TPSA) is 109 Å². The Morgan fingerprint density at radius 3 is 2.51 bits per heavy atom. The van der Waals surface area contributed by atoms with Gasteiger partial charge in [-0.15, -0.1) is 0 Å². The summed E-state index contributed by atoms with van der Waals surface area (Å²) in [6.45, 7) is 8.22. The maximum Gasteiger partial charge on any atom is 0.263 e. The van der Waals surface area contributed by atoms with Crippen molar-refractivity contribution in [3.63, 3.8) is 0 Å². The van der Waals surface area contributed by atoms with Crippen molar-refractivity contribution in [3.8, 4) is 0 Å². The third-order valence-corrected chi connectivity index (χ3v) is 7.97. The van der Waals surface area contributed by atoms with Crippen LogP contribution in [0.15, 0.2) is 48.8 Å². The van der Waals surface area contributed by atoms with Crippen molar-refractivity contribution >= 4 is 28.7 Å². The molecule has 2 fully saturated rings. The van der Waals surface area contributed by atoms with Gasteiger partial charge in [0.05, 0.1) is 17.6 Å². The summed E-state index contributed by atoms with van der Waals surface area (Å²) in [6.07, 6.45) is 3.21. The van der Waals surface area contributed by atoms with Crippen molar-refractivity contribution in [1.29, 1.82) is 0 Å². The molecule has 0 spiro atoms. The molecule has 41 heavy (non-hydrogen) atoms. The average molecular weight is 565 g/mol. The first-order valence-electron chi connectivity index (χ1n) is 13.9. The Bertz CT molecular complexity index is 1440. The van der Waals surface area contributed by atoms with Gasteiger partial charge in [-0.3, -0.25) is 19.4 Å². The van der Waals surface area contributed by atoms with Gasteiger partial charge in [0.15, 0.2) is 0 Å². The lowest BCUT2D eigenvalue weighted by atomic mass is 10.1. The van der Waals surface area contributed by atoms with Crippen molar-refractivity contribution in [3.05, 3.63) is 76.7 Å². The molecule has 11 heteroatoms. The molecule has 2 heterocycles. The number of rotatable bonds is 9. The number of nitrogens with one attached hydrogen (secondary N) is 1. The fourth-order valence-electron chi connectivity index (χ4n) is 5.17. The summed E-state index contributed by atoms with van der Waals surface area (Å²) in [5, 5.41) is 8.40. The summed E-state index contributed by atoms with van der Waals surface area (Å²) in [5.41, 5.74) is 11.0. The summed E-state index contributed by atoms with van der Waals surface area (Å²) in [7, 11) is 1.83. The first-order valence-corrected chi connectivity index (χ1v) is 13.9. The number of carbonyl (C=O) groups excluding carboxylic acids is 1. The predicted octanol–water partition coefficient (Wildman–Crippen LogP) is 4.40. The summed E-state index contributed by atoms with van der Waals surface area (Å²) >= 11 is 0. The van der Waals surface area contributed by atoms with Crippen LogP contribution in [0.5, 0.6) is 0 Å². The fraction of sp³-hybridized carbons (Fsp3) is 0.400. The van der Waals surface area contributed by atoms with E-state index < -0.39 is 12.3 Å². The molecule has 2 aromatic carbocycles. The molecular formula is C30H38F2N8O. The summed E-state index contributed by atoms with van der Waals surface area (Å²) in [5.74, 6) is 6.73. The van der Waals surface area contributed by atoms with Crippen molar-refractivity contribution in [1.82, 2.24) is 14.7 Å². The second-order valence-corrected chi connectivity index (χ2v) is 11.1. The van der Waals surface area contributed by atoms with Crippen molar-refractivity contribution in [2.24, 2.45) is 24.5 Å². The largest absolute Gasteiger partial charge is 0.397 e. The fourth-order valence-corrected chi connectivity index (χ4v) is 5.17. The third-order valence-electron chi connectivity index (χ3n) is 7.97. The van der Waals surface area contributed by atoms with E-state index in [1.807, 2.05) is 20.9 Å². The second-order valence-electron chi connectivity index (χ2n) is 11.1. The highest BCUT2D eigenvalue weighted by molar-refractivity contribution is 6.05. The molecule has 2 aliphatic rings. The van der Waals surface area contributed by atoms with Gasteiger partial charge in [-0.2, -0.15) is 5.10 Å². The maximum absolute atomic E-state index is 13.8. The van der Waals surface area contributed by atoms with Crippen LogP contribution < -0.4 is 26.8 Å². The molecule has 218 valence electrons. The van der Waals surface area contributed by atoms with E-state index in [-0.39, 0.29) is 5.56 Å². The minimum absolute atomic E-state index is 0.123. The molecule has 1 aliphatic heterocycles. The Morgan fingerprint density at radius 1 is 1.15 bits per heavy atom. The van der Waals surface area contributed by atoms with E-state index in [2.05, 4.69) is 20.2 Å². The van der Waals surface area contributed by atoms with Crippen LogP contribution in [0.4, 0.5) is 25.8 Å². The summed E-state index contributed by atoms with van der Waals surface area (Å²) < 4.78 is 29.4. The molecule has 5 rings (SSSR count). The molecule has 0 atom stereocenters. The van der Waals surface area contributed by atoms with Gasteiger partial charge < -0.3 is 16.0 Å². The number of amides is 1. The Hall–Kier alpha value is -3.96. The van der Waals surface area contributed by atoms with Crippen LogP contribution in [0.25, 0.3) is 5.70 Å². The van der Waals surface area contributed by atoms with Crippen LogP contribution in [-0.4, -0.2) is 53.3 Å². The minimum atomic E-state index is -2.65. The highest BCUT2D eigenvalue weighted by atomic mass is 19.3. The Kier molecular flexibility index (Phi) is 8.27. The zero-order chi connectivity index (χ0) is 29.3. The number of anilines is 3. The molecule has 0 unspecified atom stereocenters. The standard InChI is InChI=1S/C30H38F2N8O/c1-19-4-7-22(14-28(19)40(34)18-27(33)26-16-35-37(3)20(26)2)30(41)36-24-12-23(29(31)32)13-25(15-24)39-10-8-38(9-11-39)17-21-5-6-21/h4,7,12-16,18,21,29H,5-6,8-11,17,33-34H2,1-3H3,(H,36,41)/b27-18-. The third kappa shape index (κ3) is 6.68. The molecule has 1 amide bonds. The molecule has 0 radical (unpaired) electrons. The lowest BCUT2D eigenvalue weighted by Gasteiger charge is -2.36. The van der Waals surface area contributed by atoms with Crippen LogP contribution in [-0.2, 0) is 7.05 Å². The number of benzene rings is 2. The maximum atomic E-state index is 13.8. The lowest BCUT2D eigenvalue weighted by molar-refractivity contribution is 0.102. The van der Waals surface area contributed by atoms with E-state index in [9.17, 15) is 13.6 Å². The van der Waals surface area contributed by atoms with Crippen LogP contribution in [0, 0.1) is 19.8 Å². The smallest absolute Gasteiger partial charge is 0.263 e. The number of alkyl halides is 2. The Morgan fingerprint density at radius 2 is 1.88 bits per heavy atom. The van der Waals surface area contributed by atoms with Gasteiger partial charge in [0.1, 0.15) is 0 Å². The van der Waals surface area contributed by atoms with E-state index in [0.717, 1.165) is 55.5 Å². The molecule has 9 nitrogen and oxygen atoms in total. The summed E-state index contributed by atoms with van der Waals surface area (Å²) in [6, 6.07) is 9.74. The zero-order valence-electron chi connectivity index (χ0n) is 23.8. The van der Waals surface area contributed by atoms with Crippen LogP contribution in [0.2, 0.25) is 0 Å². The van der Waals surface area contributed by atoms with Crippen LogP contribution >= 0.6 is 0 Å². The lowest BCUT2D eigenvalue weighted by Crippen LogP contribution is -2.47. The highest BCUT2D eigenvalue weighted by Gasteiger charge is 2.27. The van der Waals surface area contributed by atoms with Crippen LogP contribution in [0.3, 0.4) is 0 Å². The highest BCUT2D eigenvalue weighted by Crippen LogP contribution is 2.32. The zero-order valence-corrected chi connectivity index (χ0v) is 23.8.